The third-order valence-corrected chi connectivity index (χ3v) is 6.71. The molecule has 0 radical (unpaired) electrons. The Bertz CT molecular complexity index is 1220. The first kappa shape index (κ1) is 21.5. The van der Waals surface area contributed by atoms with Gasteiger partial charge < -0.3 is 10.6 Å². The lowest BCUT2D eigenvalue weighted by Crippen LogP contribution is -2.55. The van der Waals surface area contributed by atoms with Crippen LogP contribution in [0.15, 0.2) is 29.2 Å². The minimum atomic E-state index is -0.481. The quantitative estimate of drug-likeness (QED) is 0.540. The standard InChI is InChI=1S/C22H28FN9O/c1-13-6-7-14(10-18(13)32-21(33)28-29-30-32)26-20-24-12-17(23)19(27-20)25-15-9-16-5-4-8-31(16)22(2,3)11-15/h6-7,10,12,15-16H,4-5,8-9,11H2,1-3H3,(H,28,30,33)(H2,24,25,26,27)/t15-,16-/m1/s1. The lowest BCUT2D eigenvalue weighted by molar-refractivity contribution is 0.0500. The van der Waals surface area contributed by atoms with E-state index < -0.39 is 11.5 Å². The van der Waals surface area contributed by atoms with Crippen molar-refractivity contribution in [3.8, 4) is 5.69 Å². The van der Waals surface area contributed by atoms with Crippen LogP contribution in [0.4, 0.5) is 21.8 Å². The molecule has 0 unspecified atom stereocenters. The van der Waals surface area contributed by atoms with Gasteiger partial charge in [0.15, 0.2) is 11.6 Å². The third-order valence-electron chi connectivity index (χ3n) is 6.71. The predicted octanol–water partition coefficient (Wildman–Crippen LogP) is 2.75. The van der Waals surface area contributed by atoms with Gasteiger partial charge in [-0.25, -0.2) is 19.3 Å². The molecule has 2 saturated heterocycles. The first-order valence-electron chi connectivity index (χ1n) is 11.2. The number of fused-ring (bicyclic) bond motifs is 1. The first-order chi connectivity index (χ1) is 15.8. The summed E-state index contributed by atoms with van der Waals surface area (Å²) in [6, 6.07) is 6.10. The highest BCUT2D eigenvalue weighted by Crippen LogP contribution is 2.38. The van der Waals surface area contributed by atoms with Crippen LogP contribution in [0.5, 0.6) is 0 Å². The largest absolute Gasteiger partial charge is 0.365 e. The van der Waals surface area contributed by atoms with Gasteiger partial charge >= 0.3 is 5.69 Å². The average molecular weight is 454 g/mol. The number of aromatic amines is 1. The van der Waals surface area contributed by atoms with Gasteiger partial charge in [-0.3, -0.25) is 4.90 Å². The van der Waals surface area contributed by atoms with E-state index in [4.69, 9.17) is 0 Å². The molecule has 3 N–H and O–H groups in total. The molecular formula is C22H28FN9O. The van der Waals surface area contributed by atoms with Gasteiger partial charge in [0, 0.05) is 23.3 Å². The van der Waals surface area contributed by atoms with Gasteiger partial charge in [-0.2, -0.15) is 9.67 Å². The summed E-state index contributed by atoms with van der Waals surface area (Å²) in [5, 5.41) is 16.1. The zero-order valence-electron chi connectivity index (χ0n) is 19.0. The van der Waals surface area contributed by atoms with Gasteiger partial charge in [0.25, 0.3) is 0 Å². The number of benzene rings is 1. The van der Waals surface area contributed by atoms with E-state index in [9.17, 15) is 9.18 Å². The summed E-state index contributed by atoms with van der Waals surface area (Å²) in [5.74, 6) is -0.0236. The molecule has 0 amide bonds. The maximum Gasteiger partial charge on any atom is 0.365 e. The molecule has 2 aromatic heterocycles. The maximum atomic E-state index is 14.6. The number of hydrogen-bond acceptors (Lipinski definition) is 8. The molecule has 0 bridgehead atoms. The van der Waals surface area contributed by atoms with Crippen molar-refractivity contribution in [2.24, 2.45) is 0 Å². The molecule has 0 saturated carbocycles. The number of anilines is 3. The Balaban J connectivity index is 1.35. The summed E-state index contributed by atoms with van der Waals surface area (Å²) in [6.07, 6.45) is 5.47. The molecule has 0 spiro atoms. The van der Waals surface area contributed by atoms with Crippen LogP contribution in [0.1, 0.15) is 45.1 Å². The minimum Gasteiger partial charge on any atom is -0.365 e. The summed E-state index contributed by atoms with van der Waals surface area (Å²) in [4.78, 5) is 23.0. The number of rotatable bonds is 5. The molecule has 2 atom stereocenters. The third kappa shape index (κ3) is 4.20. The number of nitrogens with one attached hydrogen (secondary N) is 3. The Morgan fingerprint density at radius 2 is 2.15 bits per heavy atom. The summed E-state index contributed by atoms with van der Waals surface area (Å²) in [5.41, 5.74) is 1.70. The molecule has 2 aliphatic heterocycles. The van der Waals surface area contributed by atoms with Crippen LogP contribution in [0, 0.1) is 12.7 Å². The summed E-state index contributed by atoms with van der Waals surface area (Å²) >= 11 is 0. The van der Waals surface area contributed by atoms with Crippen LogP contribution >= 0.6 is 0 Å². The molecule has 2 fully saturated rings. The number of aryl methyl sites for hydroxylation is 1. The van der Waals surface area contributed by atoms with E-state index >= 15 is 0 Å². The van der Waals surface area contributed by atoms with E-state index in [0.717, 1.165) is 24.9 Å². The normalized spacial score (nSPS) is 22.2. The summed E-state index contributed by atoms with van der Waals surface area (Å²) < 4.78 is 15.8. The van der Waals surface area contributed by atoms with Gasteiger partial charge in [0.2, 0.25) is 5.95 Å². The maximum absolute atomic E-state index is 14.6. The lowest BCUT2D eigenvalue weighted by Gasteiger charge is -2.47. The zero-order chi connectivity index (χ0) is 23.2. The van der Waals surface area contributed by atoms with Crippen LogP contribution in [-0.2, 0) is 0 Å². The number of aromatic nitrogens is 6. The highest BCUT2D eigenvalue weighted by atomic mass is 19.1. The number of H-pyrrole nitrogens is 1. The van der Waals surface area contributed by atoms with E-state index in [1.807, 2.05) is 19.1 Å². The second kappa shape index (κ2) is 8.22. The van der Waals surface area contributed by atoms with Crippen molar-refractivity contribution < 1.29 is 4.39 Å². The Labute approximate surface area is 190 Å². The number of tetrazole rings is 1. The second-order valence-corrected chi connectivity index (χ2v) is 9.52. The van der Waals surface area contributed by atoms with Crippen LogP contribution in [0.2, 0.25) is 0 Å². The minimum absolute atomic E-state index is 0.0686. The van der Waals surface area contributed by atoms with Crippen molar-refractivity contribution in [1.82, 2.24) is 35.1 Å². The van der Waals surface area contributed by atoms with Crippen molar-refractivity contribution in [2.75, 3.05) is 17.2 Å². The Morgan fingerprint density at radius 1 is 1.30 bits per heavy atom. The fourth-order valence-electron chi connectivity index (χ4n) is 5.24. The molecule has 2 aliphatic rings. The van der Waals surface area contributed by atoms with Crippen LogP contribution in [0.3, 0.4) is 0 Å². The van der Waals surface area contributed by atoms with Gasteiger partial charge in [0.05, 0.1) is 11.9 Å². The van der Waals surface area contributed by atoms with Gasteiger partial charge in [0.1, 0.15) is 0 Å². The summed E-state index contributed by atoms with van der Waals surface area (Å²) in [6.45, 7) is 7.53. The molecule has 10 nitrogen and oxygen atoms in total. The Morgan fingerprint density at radius 3 is 2.94 bits per heavy atom. The van der Waals surface area contributed by atoms with Crippen LogP contribution in [0.25, 0.3) is 5.69 Å². The van der Waals surface area contributed by atoms with Crippen molar-refractivity contribution >= 4 is 17.5 Å². The molecule has 174 valence electrons. The Hall–Kier alpha value is -3.34. The fraction of sp³-hybridized carbons (Fsp3) is 0.500. The predicted molar refractivity (Wildman–Crippen MR) is 122 cm³/mol. The molecule has 1 aromatic carbocycles. The smallest absolute Gasteiger partial charge is 0.365 e. The number of hydrogen-bond donors (Lipinski definition) is 3. The van der Waals surface area contributed by atoms with Crippen molar-refractivity contribution in [1.29, 1.82) is 0 Å². The lowest BCUT2D eigenvalue weighted by atomic mass is 9.84. The van der Waals surface area contributed by atoms with Gasteiger partial charge in [-0.05, 0) is 81.1 Å². The second-order valence-electron chi connectivity index (χ2n) is 9.52. The van der Waals surface area contributed by atoms with Crippen molar-refractivity contribution in [3.63, 3.8) is 0 Å². The van der Waals surface area contributed by atoms with Crippen molar-refractivity contribution in [3.05, 3.63) is 46.3 Å². The number of halogens is 1. The van der Waals surface area contributed by atoms with Crippen LogP contribution < -0.4 is 16.3 Å². The average Bonchev–Trinajstić information content (AvgIpc) is 3.41. The molecule has 4 heterocycles. The SMILES string of the molecule is Cc1ccc(Nc2ncc(F)c(N[C@@H]3C[C@H]4CCCN4C(C)(C)C3)n2)cc1-n1nn[nH]c1=O. The molecule has 0 aliphatic carbocycles. The molecule has 11 heteroatoms. The molecular weight excluding hydrogens is 425 g/mol. The fourth-order valence-corrected chi connectivity index (χ4v) is 5.24. The zero-order valence-corrected chi connectivity index (χ0v) is 19.0. The topological polar surface area (TPSA) is 117 Å². The highest BCUT2D eigenvalue weighted by molar-refractivity contribution is 5.60. The van der Waals surface area contributed by atoms with Gasteiger partial charge in [-0.1, -0.05) is 6.07 Å². The molecule has 3 aromatic rings. The summed E-state index contributed by atoms with van der Waals surface area (Å²) in [7, 11) is 0. The van der Waals surface area contributed by atoms with E-state index in [2.05, 4.69) is 54.9 Å². The van der Waals surface area contributed by atoms with Crippen LogP contribution in [-0.4, -0.2) is 59.2 Å². The number of nitrogens with zero attached hydrogens (tertiary/aromatic N) is 6. The monoisotopic (exact) mass is 453 g/mol. The van der Waals surface area contributed by atoms with E-state index in [-0.39, 0.29) is 23.3 Å². The van der Waals surface area contributed by atoms with E-state index in [0.29, 0.717) is 17.4 Å². The highest BCUT2D eigenvalue weighted by Gasteiger charge is 2.43. The number of piperidine rings is 1. The Kier molecular flexibility index (Phi) is 5.35. The molecule has 33 heavy (non-hydrogen) atoms. The van der Waals surface area contributed by atoms with Crippen molar-refractivity contribution in [2.45, 2.75) is 64.1 Å². The van der Waals surface area contributed by atoms with E-state index in [1.54, 1.807) is 6.07 Å². The van der Waals surface area contributed by atoms with Gasteiger partial charge in [-0.15, -0.1) is 0 Å². The first-order valence-corrected chi connectivity index (χ1v) is 11.2. The van der Waals surface area contributed by atoms with E-state index in [1.165, 1.54) is 23.7 Å². The molecule has 5 rings (SSSR count).